The van der Waals surface area contributed by atoms with E-state index in [9.17, 15) is 14.4 Å². The van der Waals surface area contributed by atoms with E-state index < -0.39 is 5.97 Å². The highest BCUT2D eigenvalue weighted by Crippen LogP contribution is 2.26. The molecule has 0 unspecified atom stereocenters. The van der Waals surface area contributed by atoms with Crippen LogP contribution >= 0.6 is 0 Å². The zero-order valence-electron chi connectivity index (χ0n) is 14.9. The van der Waals surface area contributed by atoms with Crippen LogP contribution in [-0.2, 0) is 9.53 Å². The van der Waals surface area contributed by atoms with Gasteiger partial charge in [-0.25, -0.2) is 4.79 Å². The number of fused-ring (bicyclic) bond motifs is 1. The van der Waals surface area contributed by atoms with Gasteiger partial charge in [0.15, 0.2) is 6.61 Å². The molecule has 0 atom stereocenters. The Labute approximate surface area is 157 Å². The first kappa shape index (κ1) is 18.3. The lowest BCUT2D eigenvalue weighted by Crippen LogP contribution is -2.34. The average molecular weight is 361 g/mol. The first-order valence-corrected chi connectivity index (χ1v) is 8.64. The largest absolute Gasteiger partial charge is 0.452 e. The molecule has 0 aromatic heterocycles. The van der Waals surface area contributed by atoms with Crippen LogP contribution in [0.2, 0.25) is 0 Å². The van der Waals surface area contributed by atoms with Crippen LogP contribution in [0.15, 0.2) is 66.7 Å². The highest BCUT2D eigenvalue weighted by atomic mass is 16.5. The van der Waals surface area contributed by atoms with Gasteiger partial charge in [-0.15, -0.1) is 0 Å². The number of anilines is 1. The SMILES string of the molecule is CCN(C(=O)COC(=O)c1ccc(C=O)cc1)c1cccc2ccccc12. The molecule has 0 aliphatic heterocycles. The Morgan fingerprint density at radius 1 is 0.963 bits per heavy atom. The molecule has 136 valence electrons. The molecule has 0 bridgehead atoms. The Morgan fingerprint density at radius 3 is 2.37 bits per heavy atom. The fourth-order valence-electron chi connectivity index (χ4n) is 2.91. The predicted octanol–water partition coefficient (Wildman–Crippen LogP) is 3.86. The summed E-state index contributed by atoms with van der Waals surface area (Å²) in [6.45, 7) is 1.98. The number of likely N-dealkylation sites (N-methyl/N-ethyl adjacent to an activating group) is 1. The smallest absolute Gasteiger partial charge is 0.338 e. The quantitative estimate of drug-likeness (QED) is 0.494. The van der Waals surface area contributed by atoms with Crippen molar-refractivity contribution in [2.45, 2.75) is 6.92 Å². The number of ether oxygens (including phenoxy) is 1. The molecule has 3 aromatic rings. The summed E-state index contributed by atoms with van der Waals surface area (Å²) in [5.41, 5.74) is 1.55. The van der Waals surface area contributed by atoms with Crippen molar-refractivity contribution < 1.29 is 19.1 Å². The Bertz CT molecular complexity index is 974. The van der Waals surface area contributed by atoms with Gasteiger partial charge in [-0.1, -0.05) is 48.5 Å². The summed E-state index contributed by atoms with van der Waals surface area (Å²) in [4.78, 5) is 37.1. The van der Waals surface area contributed by atoms with Crippen LogP contribution in [0.4, 0.5) is 5.69 Å². The van der Waals surface area contributed by atoms with E-state index >= 15 is 0 Å². The standard InChI is InChI=1S/C22H19NO4/c1-2-23(20-9-5-7-17-6-3-4-8-19(17)20)21(25)15-27-22(26)18-12-10-16(14-24)11-13-18/h3-14H,2,15H2,1H3. The third-order valence-corrected chi connectivity index (χ3v) is 4.28. The van der Waals surface area contributed by atoms with Gasteiger partial charge in [0.1, 0.15) is 6.29 Å². The first-order valence-electron chi connectivity index (χ1n) is 8.64. The van der Waals surface area contributed by atoms with Gasteiger partial charge in [-0.05, 0) is 30.5 Å². The van der Waals surface area contributed by atoms with Crippen molar-refractivity contribution >= 4 is 34.6 Å². The van der Waals surface area contributed by atoms with Gasteiger partial charge in [-0.3, -0.25) is 9.59 Å². The van der Waals surface area contributed by atoms with Crippen molar-refractivity contribution in [3.05, 3.63) is 77.9 Å². The van der Waals surface area contributed by atoms with Gasteiger partial charge in [0.05, 0.1) is 11.3 Å². The van der Waals surface area contributed by atoms with E-state index in [2.05, 4.69) is 0 Å². The molecular weight excluding hydrogens is 342 g/mol. The lowest BCUT2D eigenvalue weighted by atomic mass is 10.1. The zero-order chi connectivity index (χ0) is 19.2. The van der Waals surface area contributed by atoms with Gasteiger partial charge in [0.25, 0.3) is 5.91 Å². The molecule has 0 spiro atoms. The number of amides is 1. The molecule has 0 heterocycles. The molecule has 1 amide bonds. The maximum atomic E-state index is 12.7. The van der Waals surface area contributed by atoms with Crippen LogP contribution in [-0.4, -0.2) is 31.3 Å². The van der Waals surface area contributed by atoms with Gasteiger partial charge < -0.3 is 9.64 Å². The van der Waals surface area contributed by atoms with Crippen molar-refractivity contribution in [2.24, 2.45) is 0 Å². The monoisotopic (exact) mass is 361 g/mol. The number of hydrogen-bond donors (Lipinski definition) is 0. The maximum Gasteiger partial charge on any atom is 0.338 e. The van der Waals surface area contributed by atoms with Crippen LogP contribution < -0.4 is 4.90 Å². The van der Waals surface area contributed by atoms with Crippen molar-refractivity contribution in [3.63, 3.8) is 0 Å². The van der Waals surface area contributed by atoms with E-state index in [1.165, 1.54) is 24.3 Å². The molecule has 0 fully saturated rings. The van der Waals surface area contributed by atoms with E-state index in [-0.39, 0.29) is 12.5 Å². The lowest BCUT2D eigenvalue weighted by Gasteiger charge is -2.22. The molecule has 0 aliphatic carbocycles. The number of nitrogens with zero attached hydrogens (tertiary/aromatic N) is 1. The fraction of sp³-hybridized carbons (Fsp3) is 0.136. The van der Waals surface area contributed by atoms with Crippen LogP contribution in [0.3, 0.4) is 0 Å². The van der Waals surface area contributed by atoms with Crippen LogP contribution in [0.25, 0.3) is 10.8 Å². The predicted molar refractivity (Wildman–Crippen MR) is 104 cm³/mol. The highest BCUT2D eigenvalue weighted by molar-refractivity contribution is 6.04. The summed E-state index contributed by atoms with van der Waals surface area (Å²) in [5, 5.41) is 2.00. The molecule has 3 rings (SSSR count). The Balaban J connectivity index is 1.73. The van der Waals surface area contributed by atoms with E-state index in [4.69, 9.17) is 4.74 Å². The van der Waals surface area contributed by atoms with Crippen LogP contribution in [0.5, 0.6) is 0 Å². The Morgan fingerprint density at radius 2 is 1.67 bits per heavy atom. The molecule has 5 heteroatoms. The second-order valence-electron chi connectivity index (χ2n) is 5.95. The summed E-state index contributed by atoms with van der Waals surface area (Å²) in [5.74, 6) is -0.901. The number of hydrogen-bond acceptors (Lipinski definition) is 4. The minimum atomic E-state index is -0.602. The molecule has 3 aromatic carbocycles. The summed E-state index contributed by atoms with van der Waals surface area (Å²) in [7, 11) is 0. The Hall–Kier alpha value is -3.47. The summed E-state index contributed by atoms with van der Waals surface area (Å²) in [6, 6.07) is 19.6. The molecule has 0 saturated heterocycles. The van der Waals surface area contributed by atoms with Crippen LogP contribution in [0.1, 0.15) is 27.6 Å². The maximum absolute atomic E-state index is 12.7. The lowest BCUT2D eigenvalue weighted by molar-refractivity contribution is -0.121. The molecule has 5 nitrogen and oxygen atoms in total. The van der Waals surface area contributed by atoms with Gasteiger partial charge in [-0.2, -0.15) is 0 Å². The molecule has 0 N–H and O–H groups in total. The summed E-state index contributed by atoms with van der Waals surface area (Å²) >= 11 is 0. The van der Waals surface area contributed by atoms with Crippen molar-refractivity contribution in [3.8, 4) is 0 Å². The number of rotatable bonds is 6. The van der Waals surface area contributed by atoms with E-state index in [1.807, 2.05) is 49.4 Å². The van der Waals surface area contributed by atoms with Gasteiger partial charge >= 0.3 is 5.97 Å². The molecule has 27 heavy (non-hydrogen) atoms. The minimum absolute atomic E-state index is 0.293. The molecular formula is C22H19NO4. The van der Waals surface area contributed by atoms with Crippen molar-refractivity contribution in [2.75, 3.05) is 18.1 Å². The molecule has 0 aliphatic rings. The number of carbonyl (C=O) groups is 3. The number of aldehydes is 1. The molecule has 0 saturated carbocycles. The fourth-order valence-corrected chi connectivity index (χ4v) is 2.91. The van der Waals surface area contributed by atoms with Gasteiger partial charge in [0, 0.05) is 17.5 Å². The second kappa shape index (κ2) is 8.27. The minimum Gasteiger partial charge on any atom is -0.452 e. The normalized spacial score (nSPS) is 10.4. The van der Waals surface area contributed by atoms with Crippen molar-refractivity contribution in [1.82, 2.24) is 0 Å². The summed E-state index contributed by atoms with van der Waals surface area (Å²) < 4.78 is 5.16. The van der Waals surface area contributed by atoms with Crippen LogP contribution in [0, 0.1) is 0 Å². The van der Waals surface area contributed by atoms with E-state index in [0.717, 1.165) is 16.5 Å². The highest BCUT2D eigenvalue weighted by Gasteiger charge is 2.18. The number of esters is 1. The summed E-state index contributed by atoms with van der Waals surface area (Å²) in [6.07, 6.45) is 0.696. The number of carbonyl (C=O) groups excluding carboxylic acids is 3. The topological polar surface area (TPSA) is 63.7 Å². The van der Waals surface area contributed by atoms with E-state index in [1.54, 1.807) is 4.90 Å². The average Bonchev–Trinajstić information content (AvgIpc) is 2.72. The first-order chi connectivity index (χ1) is 13.1. The third kappa shape index (κ3) is 4.03. The number of benzene rings is 3. The zero-order valence-corrected chi connectivity index (χ0v) is 14.9. The second-order valence-corrected chi connectivity index (χ2v) is 5.95. The molecule has 0 radical (unpaired) electrons. The third-order valence-electron chi connectivity index (χ3n) is 4.28. The van der Waals surface area contributed by atoms with Crippen molar-refractivity contribution in [1.29, 1.82) is 0 Å². The van der Waals surface area contributed by atoms with E-state index in [0.29, 0.717) is 24.0 Å². The Kier molecular flexibility index (Phi) is 5.61. The van der Waals surface area contributed by atoms with Gasteiger partial charge in [0.2, 0.25) is 0 Å².